The highest BCUT2D eigenvalue weighted by Crippen LogP contribution is 2.22. The fraction of sp³-hybridized carbons (Fsp3) is 0.565. The summed E-state index contributed by atoms with van der Waals surface area (Å²) in [5.41, 5.74) is 3.70. The van der Waals surface area contributed by atoms with Crippen LogP contribution in [0.25, 0.3) is 0 Å². The minimum atomic E-state index is -2.74. The molecule has 1 aliphatic heterocycles. The van der Waals surface area contributed by atoms with Gasteiger partial charge < -0.3 is 40.5 Å². The minimum Gasteiger partial charge on any atom is -0.489 e. The van der Waals surface area contributed by atoms with Gasteiger partial charge in [-0.05, 0) is 45.4 Å². The van der Waals surface area contributed by atoms with Crippen LogP contribution in [-0.2, 0) is 19.1 Å². The van der Waals surface area contributed by atoms with Crippen LogP contribution in [0.4, 0.5) is 4.79 Å². The van der Waals surface area contributed by atoms with Crippen molar-refractivity contribution in [2.24, 2.45) is 5.73 Å². The molecule has 2 rings (SSSR count). The predicted octanol–water partition coefficient (Wildman–Crippen LogP) is 1.85. The van der Waals surface area contributed by atoms with Crippen LogP contribution < -0.4 is 10.5 Å². The van der Waals surface area contributed by atoms with Crippen LogP contribution in [0.2, 0.25) is 0 Å². The van der Waals surface area contributed by atoms with Gasteiger partial charge >= 0.3 is 24.0 Å². The molecule has 1 amide bonds. The van der Waals surface area contributed by atoms with Gasteiger partial charge in [0.2, 0.25) is 0 Å². The van der Waals surface area contributed by atoms with Crippen molar-refractivity contribution in [2.45, 2.75) is 70.3 Å². The van der Waals surface area contributed by atoms with Crippen LogP contribution in [-0.4, -0.2) is 79.7 Å². The van der Waals surface area contributed by atoms with Gasteiger partial charge in [0.15, 0.2) is 5.60 Å². The minimum absolute atomic E-state index is 0.00803. The SMILES string of the molecule is C[C@@H](N)c1ccc(OC2CCN(C(=O)OC(C)(C)C)C2)cc1.O=C(O)CC(O)(CC(=O)O)C(=O)O. The summed E-state index contributed by atoms with van der Waals surface area (Å²) in [6.07, 6.45) is -1.74. The molecule has 6 N–H and O–H groups in total. The summed E-state index contributed by atoms with van der Waals surface area (Å²) in [6.45, 7) is 8.78. The Morgan fingerprint density at radius 1 is 1.06 bits per heavy atom. The lowest BCUT2D eigenvalue weighted by molar-refractivity contribution is -0.170. The van der Waals surface area contributed by atoms with Gasteiger partial charge in [-0.15, -0.1) is 0 Å². The summed E-state index contributed by atoms with van der Waals surface area (Å²) >= 11 is 0. The Morgan fingerprint density at radius 2 is 1.57 bits per heavy atom. The molecular formula is C23H34N2O10. The molecule has 0 aliphatic carbocycles. The quantitative estimate of drug-likeness (QED) is 0.350. The van der Waals surface area contributed by atoms with E-state index in [-0.39, 0.29) is 18.2 Å². The van der Waals surface area contributed by atoms with Crippen LogP contribution in [0.5, 0.6) is 5.75 Å². The molecule has 12 nitrogen and oxygen atoms in total. The van der Waals surface area contributed by atoms with Crippen LogP contribution in [0.3, 0.4) is 0 Å². The summed E-state index contributed by atoms with van der Waals surface area (Å²) < 4.78 is 11.3. The molecule has 1 saturated heterocycles. The number of benzene rings is 1. The monoisotopic (exact) mass is 498 g/mol. The molecule has 0 saturated carbocycles. The average Bonchev–Trinajstić information content (AvgIpc) is 3.15. The molecule has 1 heterocycles. The van der Waals surface area contributed by atoms with Gasteiger partial charge in [0.1, 0.15) is 17.5 Å². The van der Waals surface area contributed by atoms with Crippen molar-refractivity contribution in [1.82, 2.24) is 4.90 Å². The van der Waals surface area contributed by atoms with Gasteiger partial charge in [-0.3, -0.25) is 9.59 Å². The van der Waals surface area contributed by atoms with Crippen LogP contribution in [0, 0.1) is 0 Å². The number of likely N-dealkylation sites (tertiary alicyclic amines) is 1. The van der Waals surface area contributed by atoms with E-state index in [0.29, 0.717) is 13.1 Å². The first-order valence-electron chi connectivity index (χ1n) is 10.9. The van der Waals surface area contributed by atoms with E-state index in [4.69, 9.17) is 35.6 Å². The lowest BCUT2D eigenvalue weighted by atomic mass is 9.96. The number of carboxylic acids is 3. The molecule has 1 aromatic rings. The number of carbonyl (C=O) groups is 4. The number of hydrogen-bond donors (Lipinski definition) is 5. The van der Waals surface area contributed by atoms with Gasteiger partial charge in [-0.1, -0.05) is 12.1 Å². The molecule has 196 valence electrons. The predicted molar refractivity (Wildman–Crippen MR) is 123 cm³/mol. The largest absolute Gasteiger partial charge is 0.489 e. The molecule has 1 unspecified atom stereocenters. The number of nitrogens with zero attached hydrogens (tertiary/aromatic N) is 1. The van der Waals surface area contributed by atoms with E-state index in [9.17, 15) is 19.2 Å². The second kappa shape index (κ2) is 12.4. The topological polar surface area (TPSA) is 197 Å². The number of rotatable bonds is 8. The van der Waals surface area contributed by atoms with E-state index in [0.717, 1.165) is 17.7 Å². The lowest BCUT2D eigenvalue weighted by Gasteiger charge is -2.24. The maximum atomic E-state index is 12.0. The molecule has 1 fully saturated rings. The van der Waals surface area contributed by atoms with Crippen LogP contribution >= 0.6 is 0 Å². The number of aliphatic carboxylic acids is 3. The molecule has 12 heteroatoms. The lowest BCUT2D eigenvalue weighted by Crippen LogP contribution is -2.42. The van der Waals surface area contributed by atoms with Gasteiger partial charge in [-0.25, -0.2) is 9.59 Å². The Labute approximate surface area is 203 Å². The Balaban J connectivity index is 0.000000405. The standard InChI is InChI=1S/C17H26N2O3.C6H8O7/c1-12(18)13-5-7-14(8-6-13)21-15-9-10-19(11-15)16(20)22-17(2,3)4;7-3(8)1-6(13,5(11)12)2-4(9)10/h5-8,12,15H,9-11,18H2,1-4H3;13H,1-2H2,(H,7,8)(H,9,10)(H,11,12)/t12-,15?;/m1./s1. The van der Waals surface area contributed by atoms with Crippen LogP contribution in [0.15, 0.2) is 24.3 Å². The summed E-state index contributed by atoms with van der Waals surface area (Å²) in [6, 6.07) is 7.81. The summed E-state index contributed by atoms with van der Waals surface area (Å²) in [5.74, 6) is -4.21. The number of carboxylic acid groups (broad SMARTS) is 3. The highest BCUT2D eigenvalue weighted by molar-refractivity contribution is 5.88. The third-order valence-electron chi connectivity index (χ3n) is 4.79. The van der Waals surface area contributed by atoms with Gasteiger partial charge in [-0.2, -0.15) is 0 Å². The number of nitrogens with two attached hydrogens (primary N) is 1. The van der Waals surface area contributed by atoms with Crippen molar-refractivity contribution in [3.63, 3.8) is 0 Å². The van der Waals surface area contributed by atoms with Gasteiger partial charge in [0.25, 0.3) is 0 Å². The van der Waals surface area contributed by atoms with Crippen molar-refractivity contribution >= 4 is 24.0 Å². The Morgan fingerprint density at radius 3 is 1.97 bits per heavy atom. The molecule has 1 aromatic carbocycles. The smallest absolute Gasteiger partial charge is 0.410 e. The Kier molecular flexibility index (Phi) is 10.5. The van der Waals surface area contributed by atoms with Crippen molar-refractivity contribution < 1.29 is 49.1 Å². The third kappa shape index (κ3) is 10.6. The van der Waals surface area contributed by atoms with E-state index in [2.05, 4.69) is 0 Å². The van der Waals surface area contributed by atoms with Gasteiger partial charge in [0, 0.05) is 19.0 Å². The maximum Gasteiger partial charge on any atom is 0.410 e. The second-order valence-corrected chi connectivity index (χ2v) is 9.29. The fourth-order valence-electron chi connectivity index (χ4n) is 3.07. The summed E-state index contributed by atoms with van der Waals surface area (Å²) in [7, 11) is 0. The first-order chi connectivity index (χ1) is 16.0. The van der Waals surface area contributed by atoms with E-state index >= 15 is 0 Å². The highest BCUT2D eigenvalue weighted by atomic mass is 16.6. The zero-order chi connectivity index (χ0) is 27.0. The zero-order valence-electron chi connectivity index (χ0n) is 20.3. The number of carbonyl (C=O) groups excluding carboxylic acids is 1. The summed E-state index contributed by atoms with van der Waals surface area (Å²) in [4.78, 5) is 44.2. The molecular weight excluding hydrogens is 464 g/mol. The van der Waals surface area contributed by atoms with Gasteiger partial charge in [0.05, 0.1) is 19.4 Å². The number of hydrogen-bond acceptors (Lipinski definition) is 8. The zero-order valence-corrected chi connectivity index (χ0v) is 20.3. The average molecular weight is 499 g/mol. The molecule has 35 heavy (non-hydrogen) atoms. The van der Waals surface area contributed by atoms with Crippen molar-refractivity contribution in [1.29, 1.82) is 0 Å². The first-order valence-corrected chi connectivity index (χ1v) is 10.9. The molecule has 0 aromatic heterocycles. The first kappa shape index (κ1) is 29.7. The summed E-state index contributed by atoms with van der Waals surface area (Å²) in [5, 5.41) is 33.8. The van der Waals surface area contributed by atoms with E-state index < -0.39 is 42.0 Å². The number of ether oxygens (including phenoxy) is 2. The van der Waals surface area contributed by atoms with Crippen molar-refractivity contribution in [3.8, 4) is 5.75 Å². The molecule has 0 radical (unpaired) electrons. The third-order valence-corrected chi connectivity index (χ3v) is 4.79. The van der Waals surface area contributed by atoms with E-state index in [1.54, 1.807) is 4.90 Å². The number of amides is 1. The molecule has 1 aliphatic rings. The van der Waals surface area contributed by atoms with E-state index in [1.165, 1.54) is 0 Å². The molecule has 0 bridgehead atoms. The Bertz CT molecular complexity index is 877. The number of aliphatic hydroxyl groups is 1. The Hall–Kier alpha value is -3.38. The van der Waals surface area contributed by atoms with E-state index in [1.807, 2.05) is 52.0 Å². The normalized spacial score (nSPS) is 16.5. The highest BCUT2D eigenvalue weighted by Gasteiger charge is 2.40. The fourth-order valence-corrected chi connectivity index (χ4v) is 3.07. The second-order valence-electron chi connectivity index (χ2n) is 9.29. The van der Waals surface area contributed by atoms with Crippen molar-refractivity contribution in [2.75, 3.05) is 13.1 Å². The molecule has 0 spiro atoms. The van der Waals surface area contributed by atoms with Crippen molar-refractivity contribution in [3.05, 3.63) is 29.8 Å². The molecule has 2 atom stereocenters. The van der Waals surface area contributed by atoms with Crippen LogP contribution in [0.1, 0.15) is 58.6 Å². The maximum absolute atomic E-state index is 12.0.